The number of nitrogens with one attached hydrogen (secondary N) is 1. The highest BCUT2D eigenvalue weighted by Crippen LogP contribution is 2.44. The van der Waals surface area contributed by atoms with Crippen LogP contribution in [0.3, 0.4) is 0 Å². The molecule has 5 nitrogen and oxygen atoms in total. The molecule has 3 aromatic rings. The molecule has 0 radical (unpaired) electrons. The Morgan fingerprint density at radius 3 is 2.44 bits per heavy atom. The number of halogens is 2. The third-order valence-electron chi connectivity index (χ3n) is 6.76. The van der Waals surface area contributed by atoms with E-state index in [4.69, 9.17) is 15.2 Å². The number of methoxy groups -OCH3 is 1. The number of hydrogen-bond acceptors (Lipinski definition) is 4. The van der Waals surface area contributed by atoms with Crippen molar-refractivity contribution < 1.29 is 18.3 Å². The highest BCUT2D eigenvalue weighted by Gasteiger charge is 2.42. The Morgan fingerprint density at radius 1 is 1.12 bits per heavy atom. The van der Waals surface area contributed by atoms with Gasteiger partial charge in [-0.3, -0.25) is 4.79 Å². The molecule has 2 aromatic carbocycles. The lowest BCUT2D eigenvalue weighted by Gasteiger charge is -2.44. The summed E-state index contributed by atoms with van der Waals surface area (Å²) in [6.07, 6.45) is 4.89. The van der Waals surface area contributed by atoms with E-state index in [1.54, 1.807) is 12.3 Å². The van der Waals surface area contributed by atoms with Gasteiger partial charge in [-0.15, -0.1) is 0 Å². The molecule has 1 aromatic heterocycles. The highest BCUT2D eigenvalue weighted by atomic mass is 19.1. The van der Waals surface area contributed by atoms with Crippen LogP contribution >= 0.6 is 0 Å². The average molecular weight is 443 g/mol. The maximum absolute atomic E-state index is 14.0. The summed E-state index contributed by atoms with van der Waals surface area (Å²) in [6.45, 7) is 1.99. The van der Waals surface area contributed by atoms with Gasteiger partial charge < -0.3 is 20.2 Å². The minimum absolute atomic E-state index is 0.0982. The van der Waals surface area contributed by atoms with E-state index in [9.17, 15) is 13.6 Å². The van der Waals surface area contributed by atoms with Gasteiger partial charge in [0.05, 0.1) is 18.6 Å². The van der Waals surface area contributed by atoms with Crippen LogP contribution in [-0.4, -0.2) is 24.2 Å². The second kappa shape index (κ2) is 8.90. The lowest BCUT2D eigenvalue weighted by Crippen LogP contribution is -2.49. The number of ether oxygens (including phenoxy) is 2. The first-order valence-electron chi connectivity index (χ1n) is 10.9. The summed E-state index contributed by atoms with van der Waals surface area (Å²) in [5.74, 6) is -0.114. The summed E-state index contributed by atoms with van der Waals surface area (Å²) in [5, 5.41) is 1.29. The van der Waals surface area contributed by atoms with Crippen molar-refractivity contribution in [3.05, 3.63) is 70.1 Å². The van der Waals surface area contributed by atoms with E-state index < -0.39 is 17.0 Å². The van der Waals surface area contributed by atoms with Crippen molar-refractivity contribution in [3.63, 3.8) is 0 Å². The monoisotopic (exact) mass is 442 g/mol. The number of H-pyrrole nitrogens is 1. The molecule has 1 saturated carbocycles. The molecule has 1 aliphatic rings. The Morgan fingerprint density at radius 2 is 1.81 bits per heavy atom. The summed E-state index contributed by atoms with van der Waals surface area (Å²) in [4.78, 5) is 14.7. The molecule has 3 N–H and O–H groups in total. The number of nitrogens with two attached hydrogens (primary N) is 1. The lowest BCUT2D eigenvalue weighted by atomic mass is 9.64. The number of aromatic nitrogens is 1. The molecular formula is C25H28F2N2O3. The Bertz CT molecular complexity index is 1150. The van der Waals surface area contributed by atoms with Crippen LogP contribution in [0.15, 0.2) is 47.4 Å². The quantitative estimate of drug-likeness (QED) is 0.574. The van der Waals surface area contributed by atoms with Gasteiger partial charge in [0, 0.05) is 23.7 Å². The van der Waals surface area contributed by atoms with Gasteiger partial charge in [-0.2, -0.15) is 0 Å². The molecular weight excluding hydrogens is 414 g/mol. The molecule has 170 valence electrons. The smallest absolute Gasteiger partial charge is 0.255 e. The molecule has 1 fully saturated rings. The summed E-state index contributed by atoms with van der Waals surface area (Å²) < 4.78 is 39.7. The number of benzene rings is 2. The minimum Gasteiger partial charge on any atom is -0.493 e. The van der Waals surface area contributed by atoms with E-state index in [0.717, 1.165) is 11.5 Å². The fraction of sp³-hybridized carbons (Fsp3) is 0.400. The molecule has 32 heavy (non-hydrogen) atoms. The molecule has 0 saturated heterocycles. The molecule has 7 heteroatoms. The van der Waals surface area contributed by atoms with Gasteiger partial charge in [-0.25, -0.2) is 8.78 Å². The summed E-state index contributed by atoms with van der Waals surface area (Å²) in [7, 11) is 1.54. The third-order valence-corrected chi connectivity index (χ3v) is 6.76. The summed E-state index contributed by atoms with van der Waals surface area (Å²) in [6, 6.07) is 8.79. The third kappa shape index (κ3) is 4.09. The maximum atomic E-state index is 14.0. The lowest BCUT2D eigenvalue weighted by molar-refractivity contribution is 0.101. The van der Waals surface area contributed by atoms with Gasteiger partial charge in [-0.05, 0) is 73.4 Å². The molecule has 1 unspecified atom stereocenters. The Kier molecular flexibility index (Phi) is 6.20. The van der Waals surface area contributed by atoms with Crippen LogP contribution in [0.25, 0.3) is 10.8 Å². The Hall–Kier alpha value is -2.93. The van der Waals surface area contributed by atoms with Gasteiger partial charge in [0.25, 0.3) is 5.56 Å². The molecule has 0 aliphatic heterocycles. The van der Waals surface area contributed by atoms with Gasteiger partial charge in [0.2, 0.25) is 0 Å². The van der Waals surface area contributed by atoms with Crippen molar-refractivity contribution >= 4 is 10.8 Å². The van der Waals surface area contributed by atoms with Crippen molar-refractivity contribution in [2.75, 3.05) is 7.11 Å². The second-order valence-corrected chi connectivity index (χ2v) is 8.54. The van der Waals surface area contributed by atoms with Crippen molar-refractivity contribution in [1.29, 1.82) is 0 Å². The molecule has 1 aliphatic carbocycles. The first-order valence-corrected chi connectivity index (χ1v) is 10.9. The van der Waals surface area contributed by atoms with Crippen molar-refractivity contribution in [2.45, 2.75) is 56.6 Å². The summed E-state index contributed by atoms with van der Waals surface area (Å²) in [5.41, 5.74) is 6.42. The van der Waals surface area contributed by atoms with Crippen LogP contribution in [-0.2, 0) is 5.41 Å². The summed E-state index contributed by atoms with van der Waals surface area (Å²) >= 11 is 0. The second-order valence-electron chi connectivity index (χ2n) is 8.54. The van der Waals surface area contributed by atoms with Crippen LogP contribution in [0.2, 0.25) is 0 Å². The largest absolute Gasteiger partial charge is 0.493 e. The van der Waals surface area contributed by atoms with Gasteiger partial charge in [0.1, 0.15) is 11.6 Å². The van der Waals surface area contributed by atoms with Gasteiger partial charge in [0.15, 0.2) is 11.5 Å². The number of hydrogen-bond donors (Lipinski definition) is 2. The first kappa shape index (κ1) is 22.3. The normalized spacial score (nSPS) is 22.0. The van der Waals surface area contributed by atoms with Crippen LogP contribution < -0.4 is 20.8 Å². The standard InChI is InChI=1S/C25H28F2N2O3/c1-3-23(28)25(16-11-17(26)13-18(27)12-16)7-4-19(5-8-25)32-22-10-15-6-9-29-24(30)20(15)14-21(22)31-2/h6,9-14,19,23H,3-5,7-8,28H2,1-2H3,(H,29,30). The van der Waals surface area contributed by atoms with Gasteiger partial charge >= 0.3 is 0 Å². The van der Waals surface area contributed by atoms with E-state index >= 15 is 0 Å². The first-order chi connectivity index (χ1) is 15.4. The van der Waals surface area contributed by atoms with E-state index in [-0.39, 0.29) is 17.7 Å². The number of rotatable bonds is 6. The van der Waals surface area contributed by atoms with E-state index in [2.05, 4.69) is 4.98 Å². The number of fused-ring (bicyclic) bond motifs is 1. The van der Waals surface area contributed by atoms with E-state index in [1.807, 2.05) is 19.1 Å². The number of aromatic amines is 1. The molecule has 0 spiro atoms. The van der Waals surface area contributed by atoms with Gasteiger partial charge in [-0.1, -0.05) is 6.92 Å². The minimum atomic E-state index is -0.586. The van der Waals surface area contributed by atoms with E-state index in [1.165, 1.54) is 19.2 Å². The van der Waals surface area contributed by atoms with E-state index in [0.29, 0.717) is 54.6 Å². The predicted molar refractivity (Wildman–Crippen MR) is 120 cm³/mol. The molecule has 4 rings (SSSR count). The zero-order chi connectivity index (χ0) is 22.9. The zero-order valence-electron chi connectivity index (χ0n) is 18.3. The Balaban J connectivity index is 1.59. The number of pyridine rings is 1. The fourth-order valence-corrected chi connectivity index (χ4v) is 4.96. The topological polar surface area (TPSA) is 77.3 Å². The van der Waals surface area contributed by atoms with Crippen LogP contribution in [0.5, 0.6) is 11.5 Å². The van der Waals surface area contributed by atoms with Crippen molar-refractivity contribution in [1.82, 2.24) is 4.98 Å². The molecule has 1 atom stereocenters. The van der Waals surface area contributed by atoms with Crippen LogP contribution in [0, 0.1) is 11.6 Å². The highest BCUT2D eigenvalue weighted by molar-refractivity contribution is 5.85. The van der Waals surface area contributed by atoms with Crippen LogP contribution in [0.4, 0.5) is 8.78 Å². The SMILES string of the molecule is CCC(N)C1(c2cc(F)cc(F)c2)CCC(Oc2cc3cc[nH]c(=O)c3cc2OC)CC1. The fourth-order valence-electron chi connectivity index (χ4n) is 4.96. The molecule has 0 amide bonds. The molecule has 1 heterocycles. The zero-order valence-corrected chi connectivity index (χ0v) is 18.3. The Labute approximate surface area is 185 Å². The average Bonchev–Trinajstić information content (AvgIpc) is 2.78. The van der Waals surface area contributed by atoms with Crippen LogP contribution in [0.1, 0.15) is 44.6 Å². The molecule has 0 bridgehead atoms. The maximum Gasteiger partial charge on any atom is 0.255 e. The van der Waals surface area contributed by atoms with Crippen molar-refractivity contribution in [3.8, 4) is 11.5 Å². The van der Waals surface area contributed by atoms with Crippen molar-refractivity contribution in [2.24, 2.45) is 5.73 Å². The predicted octanol–water partition coefficient (Wildman–Crippen LogP) is 4.81.